The maximum atomic E-state index is 16.8. The summed E-state index contributed by atoms with van der Waals surface area (Å²) in [4.78, 5) is 29.8. The van der Waals surface area contributed by atoms with Gasteiger partial charge in [-0.25, -0.2) is 22.4 Å². The van der Waals surface area contributed by atoms with E-state index >= 15 is 8.78 Å². The van der Waals surface area contributed by atoms with E-state index in [1.54, 1.807) is 18.0 Å². The second-order valence-electron chi connectivity index (χ2n) is 12.4. The second-order valence-corrected chi connectivity index (χ2v) is 13.4. The normalized spacial score (nSPS) is 24.2. The summed E-state index contributed by atoms with van der Waals surface area (Å²) in [7, 11) is 1.61. The van der Waals surface area contributed by atoms with E-state index in [4.69, 9.17) is 17.0 Å². The number of carbonyl (C=O) groups excluding carboxylic acids is 1. The number of aromatic nitrogens is 2. The molecule has 3 aliphatic rings. The number of fused-ring (bicyclic) bond motifs is 3. The van der Waals surface area contributed by atoms with Crippen LogP contribution in [0.15, 0.2) is 36.9 Å². The number of anilines is 2. The average molecular weight is 666 g/mol. The van der Waals surface area contributed by atoms with E-state index < -0.39 is 41.5 Å². The molecule has 1 amide bonds. The molecule has 0 aliphatic carbocycles. The summed E-state index contributed by atoms with van der Waals surface area (Å²) >= 11 is 0.915. The third-order valence-electron chi connectivity index (χ3n) is 9.73. The molecule has 47 heavy (non-hydrogen) atoms. The Labute approximate surface area is 272 Å². The second kappa shape index (κ2) is 11.6. The summed E-state index contributed by atoms with van der Waals surface area (Å²) in [5, 5.41) is 0.568. The van der Waals surface area contributed by atoms with Crippen molar-refractivity contribution >= 4 is 54.7 Å². The zero-order valence-electron chi connectivity index (χ0n) is 25.5. The van der Waals surface area contributed by atoms with Crippen LogP contribution in [0, 0.1) is 18.2 Å². The Morgan fingerprint density at radius 3 is 2.79 bits per heavy atom. The predicted molar refractivity (Wildman–Crippen MR) is 173 cm³/mol. The first-order valence-corrected chi connectivity index (χ1v) is 16.1. The van der Waals surface area contributed by atoms with Gasteiger partial charge in [-0.2, -0.15) is 9.97 Å². The van der Waals surface area contributed by atoms with Gasteiger partial charge in [0.25, 0.3) is 0 Å². The van der Waals surface area contributed by atoms with Gasteiger partial charge in [-0.1, -0.05) is 18.7 Å². The van der Waals surface area contributed by atoms with Gasteiger partial charge < -0.3 is 20.3 Å². The Balaban J connectivity index is 1.35. The average Bonchev–Trinajstić information content (AvgIpc) is 3.80. The van der Waals surface area contributed by atoms with Crippen LogP contribution in [0.4, 0.5) is 34.1 Å². The number of thiophene rings is 1. The zero-order chi connectivity index (χ0) is 33.2. The lowest BCUT2D eigenvalue weighted by molar-refractivity contribution is -0.125. The summed E-state index contributed by atoms with van der Waals surface area (Å²) in [6.07, 6.45) is 0.643. The Hall–Kier alpha value is -4.48. The molecule has 3 saturated heterocycles. The molecule has 4 atom stereocenters. The van der Waals surface area contributed by atoms with Gasteiger partial charge in [-0.15, -0.1) is 11.3 Å². The molecule has 4 aromatic rings. The molecule has 3 aliphatic heterocycles. The third kappa shape index (κ3) is 5.03. The molecular formula is C33H31F4N7O2S. The number of benzene rings is 2. The number of ether oxygens (including phenoxy) is 1. The lowest BCUT2D eigenvalue weighted by atomic mass is 9.95. The minimum Gasteiger partial charge on any atom is -0.461 e. The fraction of sp³-hybridized carbons (Fsp3) is 0.394. The van der Waals surface area contributed by atoms with E-state index in [9.17, 15) is 13.6 Å². The number of rotatable bonds is 7. The molecule has 0 radical (unpaired) electrons. The van der Waals surface area contributed by atoms with Gasteiger partial charge in [0.1, 0.15) is 36.1 Å². The van der Waals surface area contributed by atoms with Crippen molar-refractivity contribution in [1.29, 1.82) is 0 Å². The van der Waals surface area contributed by atoms with E-state index in [2.05, 4.69) is 26.3 Å². The number of nitrogens with two attached hydrogens (primary N) is 1. The lowest BCUT2D eigenvalue weighted by Gasteiger charge is -2.31. The van der Waals surface area contributed by atoms with Crippen molar-refractivity contribution in [2.75, 3.05) is 50.5 Å². The van der Waals surface area contributed by atoms with Crippen LogP contribution in [0.1, 0.15) is 19.3 Å². The number of hydrogen-bond donors (Lipinski definition) is 1. The van der Waals surface area contributed by atoms with Crippen LogP contribution in [0.2, 0.25) is 0 Å². The Bertz CT molecular complexity index is 1980. The molecular weight excluding hydrogens is 634 g/mol. The number of halogens is 4. The molecule has 5 heterocycles. The monoisotopic (exact) mass is 665 g/mol. The van der Waals surface area contributed by atoms with Crippen molar-refractivity contribution in [3.05, 3.63) is 60.0 Å². The first-order chi connectivity index (χ1) is 22.5. The Morgan fingerprint density at radius 2 is 2.02 bits per heavy atom. The molecule has 4 unspecified atom stereocenters. The van der Waals surface area contributed by atoms with Gasteiger partial charge in [-0.3, -0.25) is 9.69 Å². The summed E-state index contributed by atoms with van der Waals surface area (Å²) in [5.41, 5.74) is 5.71. The van der Waals surface area contributed by atoms with Gasteiger partial charge in [0.2, 0.25) is 11.6 Å². The third-order valence-corrected chi connectivity index (χ3v) is 10.7. The highest BCUT2D eigenvalue weighted by Crippen LogP contribution is 2.47. The van der Waals surface area contributed by atoms with Gasteiger partial charge in [0.05, 0.1) is 34.4 Å². The number of carbonyl (C=O) groups is 1. The first-order valence-electron chi connectivity index (χ1n) is 15.2. The molecule has 2 aromatic heterocycles. The number of alkyl halides is 2. The molecule has 244 valence electrons. The van der Waals surface area contributed by atoms with Crippen LogP contribution in [0.25, 0.3) is 37.0 Å². The number of likely N-dealkylation sites (N-methyl/N-ethyl adjacent to an activating group) is 1. The van der Waals surface area contributed by atoms with E-state index in [1.165, 1.54) is 23.1 Å². The van der Waals surface area contributed by atoms with E-state index in [0.717, 1.165) is 36.8 Å². The summed E-state index contributed by atoms with van der Waals surface area (Å²) in [6.45, 7) is 12.2. The van der Waals surface area contributed by atoms with Gasteiger partial charge in [-0.05, 0) is 43.2 Å². The quantitative estimate of drug-likeness (QED) is 0.146. The highest BCUT2D eigenvalue weighted by atomic mass is 32.1. The van der Waals surface area contributed by atoms with Crippen molar-refractivity contribution in [2.45, 2.75) is 43.2 Å². The van der Waals surface area contributed by atoms with Gasteiger partial charge >= 0.3 is 6.01 Å². The molecule has 0 saturated carbocycles. The minimum atomic E-state index is -1.43. The number of hydrogen-bond acceptors (Lipinski definition) is 8. The molecule has 7 rings (SSSR count). The SMILES string of the molecule is [C-]#[N+]c1c(N)sc2c(F)ccc(-c3ccc4c(N(C)C5CN(C(=O)C=C)CC5F)nc(OCC56CCCN5CC(F)C6)nc4c3F)c12. The van der Waals surface area contributed by atoms with Crippen LogP contribution < -0.4 is 15.4 Å². The Morgan fingerprint density at radius 1 is 1.23 bits per heavy atom. The molecule has 3 fully saturated rings. The fourth-order valence-electron chi connectivity index (χ4n) is 7.40. The zero-order valence-corrected chi connectivity index (χ0v) is 26.3. The smallest absolute Gasteiger partial charge is 0.319 e. The number of nitrogens with zero attached hydrogens (tertiary/aromatic N) is 6. The molecule has 0 spiro atoms. The molecule has 2 aromatic carbocycles. The van der Waals surface area contributed by atoms with Gasteiger partial charge in [0, 0.05) is 42.9 Å². The van der Waals surface area contributed by atoms with E-state index in [1.807, 2.05) is 0 Å². The molecule has 9 nitrogen and oxygen atoms in total. The number of likely N-dealkylation sites (tertiary alicyclic amines) is 1. The number of amides is 1. The van der Waals surface area contributed by atoms with Crippen molar-refractivity contribution in [3.63, 3.8) is 0 Å². The molecule has 0 bridgehead atoms. The number of nitrogen functional groups attached to an aromatic ring is 1. The van der Waals surface area contributed by atoms with Gasteiger partial charge in [0.15, 0.2) is 5.82 Å². The molecule has 14 heteroatoms. The summed E-state index contributed by atoms with van der Waals surface area (Å²) in [6, 6.07) is 4.68. The minimum absolute atomic E-state index is 0.0306. The first kappa shape index (κ1) is 31.1. The van der Waals surface area contributed by atoms with Crippen LogP contribution in [0.5, 0.6) is 6.01 Å². The fourth-order valence-corrected chi connectivity index (χ4v) is 8.34. The Kier molecular flexibility index (Phi) is 7.71. The summed E-state index contributed by atoms with van der Waals surface area (Å²) in [5.74, 6) is -1.59. The van der Waals surface area contributed by atoms with E-state index in [-0.39, 0.29) is 74.3 Å². The summed E-state index contributed by atoms with van der Waals surface area (Å²) < 4.78 is 67.7. The van der Waals surface area contributed by atoms with Crippen molar-refractivity contribution in [2.24, 2.45) is 0 Å². The maximum Gasteiger partial charge on any atom is 0.319 e. The van der Waals surface area contributed by atoms with Crippen LogP contribution in [0.3, 0.4) is 0 Å². The van der Waals surface area contributed by atoms with Crippen LogP contribution in [-0.2, 0) is 4.79 Å². The molecule has 2 N–H and O–H groups in total. The highest BCUT2D eigenvalue weighted by molar-refractivity contribution is 7.23. The van der Waals surface area contributed by atoms with Crippen molar-refractivity contribution < 1.29 is 27.1 Å². The lowest BCUT2D eigenvalue weighted by Crippen LogP contribution is -2.43. The highest BCUT2D eigenvalue weighted by Gasteiger charge is 2.49. The van der Waals surface area contributed by atoms with Crippen LogP contribution >= 0.6 is 11.3 Å². The largest absolute Gasteiger partial charge is 0.461 e. The van der Waals surface area contributed by atoms with Crippen molar-refractivity contribution in [3.8, 4) is 17.1 Å². The topological polar surface area (TPSA) is 92.2 Å². The predicted octanol–water partition coefficient (Wildman–Crippen LogP) is 6.05. The van der Waals surface area contributed by atoms with E-state index in [0.29, 0.717) is 13.0 Å². The standard InChI is InChI=1S/C33H31F4N7O2S/c1-4-24(45)43-14-22(36)23(15-43)42(3)31-20-7-6-19(18-8-9-21(35)29-25(18)28(39-2)30(38)47-29)26(37)27(20)40-32(41-31)46-16-33-10-5-11-44(33)13-17(34)12-33/h4,6-9,17,22-23H,1,5,10-16,38H2,3H3. The van der Waals surface area contributed by atoms with Crippen molar-refractivity contribution in [1.82, 2.24) is 19.8 Å². The maximum absolute atomic E-state index is 16.8. The van der Waals surface area contributed by atoms with Crippen LogP contribution in [-0.4, -0.2) is 89.4 Å².